The Morgan fingerprint density at radius 2 is 2.19 bits per heavy atom. The zero-order valence-corrected chi connectivity index (χ0v) is 10.6. The lowest BCUT2D eigenvalue weighted by atomic mass is 9.94. The lowest BCUT2D eigenvalue weighted by Gasteiger charge is -2.34. The average molecular weight is 223 g/mol. The highest BCUT2D eigenvalue weighted by atomic mass is 16.4. The number of likely N-dealkylation sites (N-methyl/N-ethyl adjacent to an activating group) is 1. The van der Waals surface area contributed by atoms with Gasteiger partial charge in [-0.3, -0.25) is 4.90 Å². The van der Waals surface area contributed by atoms with E-state index in [1.807, 2.05) is 6.20 Å². The molecule has 0 unspecified atom stereocenters. The van der Waals surface area contributed by atoms with Gasteiger partial charge < -0.3 is 9.73 Å². The van der Waals surface area contributed by atoms with Crippen molar-refractivity contribution >= 4 is 0 Å². The van der Waals surface area contributed by atoms with E-state index in [4.69, 9.17) is 4.42 Å². The molecule has 1 aliphatic heterocycles. The predicted octanol–water partition coefficient (Wildman–Crippen LogP) is 1.38. The number of hydrogen-bond acceptors (Lipinski definition) is 4. The highest BCUT2D eigenvalue weighted by Crippen LogP contribution is 2.23. The number of oxazole rings is 1. The summed E-state index contributed by atoms with van der Waals surface area (Å²) in [5.74, 6) is 1.78. The normalized spacial score (nSPS) is 17.8. The van der Waals surface area contributed by atoms with Crippen LogP contribution in [0.25, 0.3) is 0 Å². The maximum Gasteiger partial charge on any atom is 0.208 e. The number of hydrogen-bond donors (Lipinski definition) is 1. The largest absolute Gasteiger partial charge is 0.444 e. The molecule has 1 aromatic heterocycles. The Kier molecular flexibility index (Phi) is 3.04. The molecule has 4 nitrogen and oxygen atoms in total. The van der Waals surface area contributed by atoms with Crippen LogP contribution >= 0.6 is 0 Å². The highest BCUT2D eigenvalue weighted by Gasteiger charge is 2.24. The van der Waals surface area contributed by atoms with Gasteiger partial charge in [0.25, 0.3) is 0 Å². The zero-order valence-electron chi connectivity index (χ0n) is 10.6. The van der Waals surface area contributed by atoms with E-state index in [-0.39, 0.29) is 5.41 Å². The molecule has 0 aliphatic carbocycles. The predicted molar refractivity (Wildman–Crippen MR) is 63.3 cm³/mol. The minimum atomic E-state index is 0.0435. The second kappa shape index (κ2) is 4.18. The minimum absolute atomic E-state index is 0.0435. The van der Waals surface area contributed by atoms with E-state index in [2.05, 4.69) is 43.0 Å². The molecule has 0 saturated carbocycles. The van der Waals surface area contributed by atoms with Gasteiger partial charge in [0, 0.05) is 24.5 Å². The van der Waals surface area contributed by atoms with E-state index < -0.39 is 0 Å². The SMILES string of the molecule is CN(Cc1ncc(C(C)(C)C)o1)C1CNC1. The van der Waals surface area contributed by atoms with Gasteiger partial charge in [-0.15, -0.1) is 0 Å². The van der Waals surface area contributed by atoms with Crippen LogP contribution in [0.15, 0.2) is 10.6 Å². The van der Waals surface area contributed by atoms with Gasteiger partial charge in [-0.1, -0.05) is 20.8 Å². The molecule has 0 aromatic carbocycles. The Balaban J connectivity index is 1.97. The van der Waals surface area contributed by atoms with Crippen LogP contribution in [0.3, 0.4) is 0 Å². The lowest BCUT2D eigenvalue weighted by molar-refractivity contribution is 0.157. The van der Waals surface area contributed by atoms with Gasteiger partial charge in [-0.05, 0) is 7.05 Å². The Morgan fingerprint density at radius 3 is 2.62 bits per heavy atom. The molecule has 4 heteroatoms. The van der Waals surface area contributed by atoms with Crippen molar-refractivity contribution in [2.24, 2.45) is 0 Å². The van der Waals surface area contributed by atoms with Gasteiger partial charge in [0.1, 0.15) is 5.76 Å². The molecule has 1 fully saturated rings. The van der Waals surface area contributed by atoms with Crippen LogP contribution in [0.5, 0.6) is 0 Å². The van der Waals surface area contributed by atoms with Crippen LogP contribution < -0.4 is 5.32 Å². The molecule has 90 valence electrons. The zero-order chi connectivity index (χ0) is 11.8. The van der Waals surface area contributed by atoms with Crippen LogP contribution in [0.2, 0.25) is 0 Å². The van der Waals surface area contributed by atoms with Crippen LogP contribution in [0.4, 0.5) is 0 Å². The number of rotatable bonds is 3. The van der Waals surface area contributed by atoms with Crippen LogP contribution in [-0.2, 0) is 12.0 Å². The summed E-state index contributed by atoms with van der Waals surface area (Å²) in [4.78, 5) is 6.62. The Labute approximate surface area is 97.0 Å². The fourth-order valence-corrected chi connectivity index (χ4v) is 1.66. The first-order valence-corrected chi connectivity index (χ1v) is 5.83. The fraction of sp³-hybridized carbons (Fsp3) is 0.750. The third-order valence-electron chi connectivity index (χ3n) is 3.06. The van der Waals surface area contributed by atoms with Gasteiger partial charge in [-0.25, -0.2) is 4.98 Å². The summed E-state index contributed by atoms with van der Waals surface area (Å²) in [7, 11) is 2.12. The fourth-order valence-electron chi connectivity index (χ4n) is 1.66. The van der Waals surface area contributed by atoms with Crippen LogP contribution in [-0.4, -0.2) is 36.1 Å². The first-order valence-electron chi connectivity index (χ1n) is 5.83. The summed E-state index contributed by atoms with van der Waals surface area (Å²) in [5, 5.41) is 3.26. The monoisotopic (exact) mass is 223 g/mol. The molecule has 1 aromatic rings. The molecule has 0 radical (unpaired) electrons. The molecular weight excluding hydrogens is 202 g/mol. The van der Waals surface area contributed by atoms with Gasteiger partial charge in [0.05, 0.1) is 12.7 Å². The summed E-state index contributed by atoms with van der Waals surface area (Å²) in [6.07, 6.45) is 1.85. The topological polar surface area (TPSA) is 41.3 Å². The van der Waals surface area contributed by atoms with Crippen molar-refractivity contribution in [3.05, 3.63) is 17.8 Å². The van der Waals surface area contributed by atoms with E-state index >= 15 is 0 Å². The molecule has 1 aliphatic rings. The molecule has 1 N–H and O–H groups in total. The second-order valence-corrected chi connectivity index (χ2v) is 5.60. The second-order valence-electron chi connectivity index (χ2n) is 5.60. The van der Waals surface area contributed by atoms with Gasteiger partial charge in [0.2, 0.25) is 5.89 Å². The molecular formula is C12H21N3O. The van der Waals surface area contributed by atoms with Crippen LogP contribution in [0.1, 0.15) is 32.4 Å². The van der Waals surface area contributed by atoms with Gasteiger partial charge in [-0.2, -0.15) is 0 Å². The summed E-state index contributed by atoms with van der Waals surface area (Å²) in [6.45, 7) is 9.35. The van der Waals surface area contributed by atoms with Crippen LogP contribution in [0, 0.1) is 0 Å². The highest BCUT2D eigenvalue weighted by molar-refractivity contribution is 5.06. The first kappa shape index (κ1) is 11.6. The molecule has 0 amide bonds. The summed E-state index contributed by atoms with van der Waals surface area (Å²) >= 11 is 0. The van der Waals surface area contributed by atoms with Gasteiger partial charge in [0.15, 0.2) is 0 Å². The summed E-state index contributed by atoms with van der Waals surface area (Å²) in [5.41, 5.74) is 0.0435. The smallest absolute Gasteiger partial charge is 0.208 e. The third kappa shape index (κ3) is 2.44. The molecule has 0 atom stereocenters. The molecule has 2 rings (SSSR count). The summed E-state index contributed by atoms with van der Waals surface area (Å²) < 4.78 is 5.76. The van der Waals surface area contributed by atoms with Crippen molar-refractivity contribution < 1.29 is 4.42 Å². The van der Waals surface area contributed by atoms with E-state index in [1.54, 1.807) is 0 Å². The quantitative estimate of drug-likeness (QED) is 0.840. The first-order chi connectivity index (χ1) is 7.47. The van der Waals surface area contributed by atoms with Crippen molar-refractivity contribution in [3.8, 4) is 0 Å². The molecule has 2 heterocycles. The van der Waals surface area contributed by atoms with Crippen molar-refractivity contribution in [1.29, 1.82) is 0 Å². The van der Waals surface area contributed by atoms with E-state index in [9.17, 15) is 0 Å². The number of aromatic nitrogens is 1. The van der Waals surface area contributed by atoms with Crippen molar-refractivity contribution in [2.45, 2.75) is 38.8 Å². The maximum absolute atomic E-state index is 5.76. The van der Waals surface area contributed by atoms with E-state index in [0.717, 1.165) is 31.3 Å². The van der Waals surface area contributed by atoms with Gasteiger partial charge >= 0.3 is 0 Å². The lowest BCUT2D eigenvalue weighted by Crippen LogP contribution is -2.55. The minimum Gasteiger partial charge on any atom is -0.444 e. The Morgan fingerprint density at radius 1 is 1.50 bits per heavy atom. The summed E-state index contributed by atoms with van der Waals surface area (Å²) in [6, 6.07) is 0.630. The molecule has 16 heavy (non-hydrogen) atoms. The van der Waals surface area contributed by atoms with Crippen molar-refractivity contribution in [3.63, 3.8) is 0 Å². The number of nitrogens with zero attached hydrogens (tertiary/aromatic N) is 2. The Hall–Kier alpha value is -0.870. The van der Waals surface area contributed by atoms with E-state index in [0.29, 0.717) is 6.04 Å². The molecule has 0 bridgehead atoms. The van der Waals surface area contributed by atoms with E-state index in [1.165, 1.54) is 0 Å². The Bertz CT molecular complexity index is 349. The average Bonchev–Trinajstić information content (AvgIpc) is 2.47. The number of nitrogens with one attached hydrogen (secondary N) is 1. The molecule has 0 spiro atoms. The van der Waals surface area contributed by atoms with Crippen molar-refractivity contribution in [2.75, 3.05) is 20.1 Å². The molecule has 1 saturated heterocycles. The maximum atomic E-state index is 5.76. The van der Waals surface area contributed by atoms with Crippen molar-refractivity contribution in [1.82, 2.24) is 15.2 Å². The third-order valence-corrected chi connectivity index (χ3v) is 3.06. The standard InChI is InChI=1S/C12H21N3O/c1-12(2,3)10-7-14-11(16-10)8-15(4)9-5-13-6-9/h7,9,13H,5-6,8H2,1-4H3.